The summed E-state index contributed by atoms with van der Waals surface area (Å²) in [6, 6.07) is 22.1. The van der Waals surface area contributed by atoms with Gasteiger partial charge >= 0.3 is 0 Å². The van der Waals surface area contributed by atoms with E-state index in [1.54, 1.807) is 35.1 Å². The molecule has 0 radical (unpaired) electrons. The Kier molecular flexibility index (Phi) is 11.2. The van der Waals surface area contributed by atoms with E-state index in [2.05, 4.69) is 37.5 Å². The van der Waals surface area contributed by atoms with E-state index >= 15 is 4.79 Å². The number of fused-ring (bicyclic) bond motifs is 2. The predicted molar refractivity (Wildman–Crippen MR) is 208 cm³/mol. The molecule has 1 spiro atoms. The minimum absolute atomic E-state index is 0.0729. The maximum Gasteiger partial charge on any atom is 0.264 e. The Morgan fingerprint density at radius 3 is 2.43 bits per heavy atom. The van der Waals surface area contributed by atoms with Crippen LogP contribution in [0.1, 0.15) is 37.3 Å². The van der Waals surface area contributed by atoms with Gasteiger partial charge in [-0.1, -0.05) is 67.7 Å². The molecular weight excluding hydrogens is 739 g/mol. The minimum Gasteiger partial charge on any atom is -0.497 e. The molecule has 300 valence electrons. The first-order chi connectivity index (χ1) is 26.7. The van der Waals surface area contributed by atoms with Gasteiger partial charge in [0, 0.05) is 23.7 Å². The highest BCUT2D eigenvalue weighted by molar-refractivity contribution is 6.91. The molecule has 0 unspecified atom stereocenters. The number of rotatable bonds is 10. The first-order valence-electron chi connectivity index (χ1n) is 19.1. The lowest BCUT2D eigenvalue weighted by Gasteiger charge is -2.37. The van der Waals surface area contributed by atoms with Gasteiger partial charge in [-0.05, 0) is 54.3 Å². The van der Waals surface area contributed by atoms with Gasteiger partial charge in [-0.2, -0.15) is 0 Å². The van der Waals surface area contributed by atoms with E-state index in [0.717, 1.165) is 29.3 Å². The van der Waals surface area contributed by atoms with Gasteiger partial charge in [0.2, 0.25) is 5.91 Å². The summed E-state index contributed by atoms with van der Waals surface area (Å²) in [5.74, 6) is -0.801. The Hall–Kier alpha value is -4.19. The van der Waals surface area contributed by atoms with Crippen LogP contribution in [0.3, 0.4) is 0 Å². The smallest absolute Gasteiger partial charge is 0.264 e. The number of methoxy groups -OCH3 is 1. The van der Waals surface area contributed by atoms with Crippen LogP contribution >= 0.6 is 0 Å². The Balaban J connectivity index is 1.19. The summed E-state index contributed by atoms with van der Waals surface area (Å²) in [6.07, 6.45) is -7.85. The van der Waals surface area contributed by atoms with Gasteiger partial charge in [0.05, 0.1) is 52.6 Å². The Morgan fingerprint density at radius 1 is 0.982 bits per heavy atom. The first-order valence-corrected chi connectivity index (χ1v) is 22.2. The molecule has 3 aromatic carbocycles. The molecule has 0 aliphatic carbocycles. The zero-order valence-corrected chi connectivity index (χ0v) is 32.9. The van der Waals surface area contributed by atoms with Gasteiger partial charge in [-0.15, -0.1) is 0 Å². The number of anilines is 2. The Bertz CT molecular complexity index is 1950. The number of para-hydroxylation sites is 1. The zero-order valence-electron chi connectivity index (χ0n) is 31.9. The van der Waals surface area contributed by atoms with Crippen molar-refractivity contribution < 1.29 is 54.1 Å². The van der Waals surface area contributed by atoms with Gasteiger partial charge in [-0.3, -0.25) is 14.4 Å². The number of hydrogen-bond acceptors (Lipinski definition) is 11. The Labute approximate surface area is 326 Å². The van der Waals surface area contributed by atoms with E-state index in [4.69, 9.17) is 14.2 Å². The second-order valence-corrected chi connectivity index (χ2v) is 20.6. The lowest BCUT2D eigenvalue weighted by molar-refractivity contribution is -0.274. The molecule has 4 aliphatic rings. The summed E-state index contributed by atoms with van der Waals surface area (Å²) < 4.78 is 17.7. The highest BCUT2D eigenvalue weighted by Gasteiger charge is 2.66. The normalized spacial score (nSPS) is 31.5. The first kappa shape index (κ1) is 40.0. The van der Waals surface area contributed by atoms with Crippen molar-refractivity contribution in [3.8, 4) is 5.75 Å². The summed E-state index contributed by atoms with van der Waals surface area (Å²) in [6.45, 7) is 7.15. The number of nitrogens with one attached hydrogen (secondary N) is 1. The predicted octanol–water partition coefficient (Wildman–Crippen LogP) is 1.57. The van der Waals surface area contributed by atoms with Crippen LogP contribution in [-0.4, -0.2) is 119 Å². The molecule has 14 nitrogen and oxygen atoms in total. The molecule has 0 saturated carbocycles. The van der Waals surface area contributed by atoms with Crippen LogP contribution in [0.5, 0.6) is 5.75 Å². The van der Waals surface area contributed by atoms with Crippen LogP contribution in [0.25, 0.3) is 0 Å². The molecule has 4 aliphatic heterocycles. The third-order valence-corrected chi connectivity index (χ3v) is 16.8. The largest absolute Gasteiger partial charge is 0.497 e. The lowest BCUT2D eigenvalue weighted by Crippen LogP contribution is -2.60. The SMILES string of the molecule is COc1ccc([Si](C)(C)[C@@H]2[C@@H](CC(=O)N3CCC[C@H]3CO)O[C@]3(C(=O)N(Cc4cccc(NC(=O)[C@H]5O[C@@H](O)[C@H](O)[C@@H](O)[C@@H]5O)c4)c4ccccc43)[C@H]2C)cc1. The van der Waals surface area contributed by atoms with Crippen LogP contribution in [0.2, 0.25) is 18.6 Å². The van der Waals surface area contributed by atoms with Crippen LogP contribution in [-0.2, 0) is 36.0 Å². The minimum atomic E-state index is -2.52. The second-order valence-electron chi connectivity index (χ2n) is 15.9. The van der Waals surface area contributed by atoms with E-state index < -0.39 is 56.4 Å². The van der Waals surface area contributed by atoms with E-state index in [-0.39, 0.29) is 48.9 Å². The van der Waals surface area contributed by atoms with Crippen molar-refractivity contribution in [1.82, 2.24) is 4.90 Å². The summed E-state index contributed by atoms with van der Waals surface area (Å²) in [7, 11) is -0.898. The fraction of sp³-hybridized carbons (Fsp3) is 0.488. The molecule has 3 saturated heterocycles. The third kappa shape index (κ3) is 6.83. The number of ether oxygens (including phenoxy) is 3. The number of likely N-dealkylation sites (tertiary alicyclic amines) is 1. The second kappa shape index (κ2) is 15.6. The van der Waals surface area contributed by atoms with Gasteiger partial charge in [0.25, 0.3) is 11.8 Å². The summed E-state index contributed by atoms with van der Waals surface area (Å²) in [4.78, 5) is 45.7. The van der Waals surface area contributed by atoms with Crippen LogP contribution in [0.4, 0.5) is 11.4 Å². The van der Waals surface area contributed by atoms with Crippen molar-refractivity contribution in [3.05, 3.63) is 83.9 Å². The van der Waals surface area contributed by atoms with Crippen LogP contribution in [0, 0.1) is 5.92 Å². The summed E-state index contributed by atoms with van der Waals surface area (Å²) >= 11 is 0. The summed E-state index contributed by atoms with van der Waals surface area (Å²) in [5, 5.41) is 54.0. The van der Waals surface area contributed by atoms with Gasteiger partial charge in [0.1, 0.15) is 24.1 Å². The summed E-state index contributed by atoms with van der Waals surface area (Å²) in [5.41, 5.74) is 0.812. The lowest BCUT2D eigenvalue weighted by atomic mass is 9.82. The molecule has 3 amide bonds. The molecule has 0 aromatic heterocycles. The highest BCUT2D eigenvalue weighted by Crippen LogP contribution is 2.60. The van der Waals surface area contributed by atoms with Crippen molar-refractivity contribution in [1.29, 1.82) is 0 Å². The molecule has 10 atom stereocenters. The van der Waals surface area contributed by atoms with Gasteiger partial charge in [-0.25, -0.2) is 0 Å². The van der Waals surface area contributed by atoms with E-state index in [1.165, 1.54) is 0 Å². The van der Waals surface area contributed by atoms with Crippen LogP contribution < -0.4 is 20.1 Å². The molecular formula is C41H51N3O11Si. The highest BCUT2D eigenvalue weighted by atomic mass is 28.3. The molecule has 15 heteroatoms. The maximum atomic E-state index is 15.2. The molecule has 0 bridgehead atoms. The molecule has 3 fully saturated rings. The fourth-order valence-corrected chi connectivity index (χ4v) is 13.5. The van der Waals surface area contributed by atoms with E-state index in [0.29, 0.717) is 23.5 Å². The number of benzene rings is 3. The third-order valence-electron chi connectivity index (χ3n) is 12.4. The monoisotopic (exact) mass is 789 g/mol. The van der Waals surface area contributed by atoms with Gasteiger partial charge < -0.3 is 54.9 Å². The van der Waals surface area contributed by atoms with Crippen molar-refractivity contribution in [2.45, 2.75) is 99.8 Å². The average molecular weight is 790 g/mol. The number of amides is 3. The number of carbonyl (C=O) groups is 3. The number of aliphatic hydroxyl groups is 5. The van der Waals surface area contributed by atoms with Crippen molar-refractivity contribution >= 4 is 42.4 Å². The zero-order chi connectivity index (χ0) is 40.1. The molecule has 3 aromatic rings. The molecule has 6 N–H and O–H groups in total. The molecule has 56 heavy (non-hydrogen) atoms. The van der Waals surface area contributed by atoms with Crippen molar-refractivity contribution in [3.63, 3.8) is 0 Å². The van der Waals surface area contributed by atoms with E-state index in [1.807, 2.05) is 42.5 Å². The number of nitrogens with zero attached hydrogens (tertiary/aromatic N) is 2. The molecule has 7 rings (SSSR count). The number of hydrogen-bond donors (Lipinski definition) is 6. The topological polar surface area (TPSA) is 199 Å². The average Bonchev–Trinajstić information content (AvgIpc) is 3.86. The van der Waals surface area contributed by atoms with Crippen molar-refractivity contribution in [2.24, 2.45) is 5.92 Å². The number of carbonyl (C=O) groups excluding carboxylic acids is 3. The number of aliphatic hydroxyl groups excluding tert-OH is 5. The standard InChI is InChI=1S/C41H51N3O11Si/c1-23-37(56(3,4)28-16-14-27(53-2)15-17-28)31(20-32(46)43-18-8-11-26(43)22-45)55-41(23)29-12-5-6-13-30(29)44(40(41)52)21-24-9-7-10-25(19-24)42-38(50)36-34(48)33(47)35(49)39(51)54-36/h5-7,9-10,12-17,19,23,26,31,33-37,39,45,47-49,51H,8,11,18,20-22H2,1-4H3,(H,42,50)/t23-,26-,31+,33-,34-,35+,36-,37-,39+,41+/m0/s1. The Morgan fingerprint density at radius 2 is 1.71 bits per heavy atom. The van der Waals surface area contributed by atoms with Gasteiger partial charge in [0.15, 0.2) is 18.0 Å². The maximum absolute atomic E-state index is 15.2. The van der Waals surface area contributed by atoms with E-state index in [9.17, 15) is 35.1 Å². The fourth-order valence-electron chi connectivity index (χ4n) is 9.49. The quantitative estimate of drug-likeness (QED) is 0.163. The molecule has 4 heterocycles. The van der Waals surface area contributed by atoms with Crippen molar-refractivity contribution in [2.75, 3.05) is 30.5 Å². The van der Waals surface area contributed by atoms with Crippen LogP contribution in [0.15, 0.2) is 72.8 Å².